The summed E-state index contributed by atoms with van der Waals surface area (Å²) >= 11 is 0. The maximum atomic E-state index is 5.40. The van der Waals surface area contributed by atoms with Crippen LogP contribution in [-0.4, -0.2) is 58.2 Å². The van der Waals surface area contributed by atoms with Crippen LogP contribution in [0.25, 0.3) is 0 Å². The van der Waals surface area contributed by atoms with Crippen molar-refractivity contribution in [1.82, 2.24) is 9.80 Å². The Bertz CT molecular complexity index is 438. The number of hydrogen-bond donors (Lipinski definition) is 0. The molecule has 0 N–H and O–H groups in total. The van der Waals surface area contributed by atoms with E-state index in [1.54, 1.807) is 14.2 Å². The van der Waals surface area contributed by atoms with Gasteiger partial charge in [0.05, 0.1) is 20.8 Å². The second-order valence-corrected chi connectivity index (χ2v) is 4.56. The van der Waals surface area contributed by atoms with E-state index in [0.717, 1.165) is 23.0 Å². The monoisotopic (exact) mass is 393 g/mol. The Kier molecular flexibility index (Phi) is 8.36. The fraction of sp³-hybridized carbons (Fsp3) is 0.500. The zero-order valence-electron chi connectivity index (χ0n) is 13.0. The molecule has 0 heterocycles. The summed E-state index contributed by atoms with van der Waals surface area (Å²) in [6, 6.07) is 5.82. The van der Waals surface area contributed by atoms with Gasteiger partial charge in [0.2, 0.25) is 0 Å². The molecule has 0 spiro atoms. The summed E-state index contributed by atoms with van der Waals surface area (Å²) in [5, 5.41) is 0. The highest BCUT2D eigenvalue weighted by Gasteiger charge is 2.10. The topological polar surface area (TPSA) is 37.3 Å². The smallest absolute Gasteiger partial charge is 0.195 e. The van der Waals surface area contributed by atoms with Crippen LogP contribution in [0.5, 0.6) is 11.5 Å². The average Bonchev–Trinajstić information content (AvgIpc) is 2.37. The number of hydrogen-bond acceptors (Lipinski definition) is 3. The van der Waals surface area contributed by atoms with Crippen LogP contribution in [0, 0.1) is 0 Å². The highest BCUT2D eigenvalue weighted by atomic mass is 127. The summed E-state index contributed by atoms with van der Waals surface area (Å²) in [5.41, 5.74) is 1.00. The second kappa shape index (κ2) is 8.89. The zero-order chi connectivity index (χ0) is 14.4. The first-order valence-corrected chi connectivity index (χ1v) is 6.10. The van der Waals surface area contributed by atoms with Gasteiger partial charge in [0.25, 0.3) is 0 Å². The quantitative estimate of drug-likeness (QED) is 0.447. The number of guanidine groups is 1. The number of halogens is 1. The molecule has 6 heteroatoms. The van der Waals surface area contributed by atoms with Gasteiger partial charge in [0.1, 0.15) is 0 Å². The summed E-state index contributed by atoms with van der Waals surface area (Å²) < 4.78 is 10.7. The Morgan fingerprint density at radius 1 is 1.05 bits per heavy atom. The summed E-state index contributed by atoms with van der Waals surface area (Å²) in [5.74, 6) is 2.38. The van der Waals surface area contributed by atoms with Crippen molar-refractivity contribution < 1.29 is 9.47 Å². The minimum atomic E-state index is 0. The molecule has 0 saturated carbocycles. The first kappa shape index (κ1) is 18.8. The minimum Gasteiger partial charge on any atom is -0.493 e. The van der Waals surface area contributed by atoms with Gasteiger partial charge in [-0.05, 0) is 6.07 Å². The van der Waals surface area contributed by atoms with Crippen molar-refractivity contribution in [2.45, 2.75) is 6.54 Å². The third-order valence-electron chi connectivity index (χ3n) is 2.68. The van der Waals surface area contributed by atoms with Crippen molar-refractivity contribution in [2.75, 3.05) is 42.4 Å². The summed E-state index contributed by atoms with van der Waals surface area (Å²) in [7, 11) is 11.2. The minimum absolute atomic E-state index is 0. The Morgan fingerprint density at radius 2 is 1.65 bits per heavy atom. The molecule has 0 atom stereocenters. The molecule has 20 heavy (non-hydrogen) atoms. The molecule has 0 amide bonds. The molecule has 1 aromatic carbocycles. The molecule has 0 unspecified atom stereocenters. The Balaban J connectivity index is 0.00000361. The fourth-order valence-corrected chi connectivity index (χ4v) is 1.92. The van der Waals surface area contributed by atoms with Gasteiger partial charge in [-0.1, -0.05) is 12.1 Å². The van der Waals surface area contributed by atoms with Crippen LogP contribution in [0.1, 0.15) is 5.56 Å². The van der Waals surface area contributed by atoms with Crippen molar-refractivity contribution in [3.8, 4) is 11.5 Å². The molecular weight excluding hydrogens is 369 g/mol. The average molecular weight is 393 g/mol. The Morgan fingerprint density at radius 3 is 2.10 bits per heavy atom. The molecular formula is C14H24IN3O2. The molecule has 0 aromatic heterocycles. The summed E-state index contributed by atoms with van der Waals surface area (Å²) in [6.07, 6.45) is 0. The number of benzene rings is 1. The van der Waals surface area contributed by atoms with E-state index in [1.807, 2.05) is 56.2 Å². The lowest BCUT2D eigenvalue weighted by molar-refractivity contribution is 0.351. The first-order valence-electron chi connectivity index (χ1n) is 6.10. The number of methoxy groups -OCH3 is 2. The van der Waals surface area contributed by atoms with E-state index in [2.05, 4.69) is 4.99 Å². The van der Waals surface area contributed by atoms with E-state index >= 15 is 0 Å². The molecule has 0 radical (unpaired) electrons. The highest BCUT2D eigenvalue weighted by molar-refractivity contribution is 14.0. The summed E-state index contributed by atoms with van der Waals surface area (Å²) in [6.45, 7) is 0.548. The molecule has 5 nitrogen and oxygen atoms in total. The molecule has 114 valence electrons. The lowest BCUT2D eigenvalue weighted by Gasteiger charge is -2.22. The zero-order valence-corrected chi connectivity index (χ0v) is 15.3. The lowest BCUT2D eigenvalue weighted by atomic mass is 10.2. The molecule has 1 rings (SSSR count). The maximum absolute atomic E-state index is 5.40. The van der Waals surface area contributed by atoms with Crippen LogP contribution in [0.4, 0.5) is 0 Å². The van der Waals surface area contributed by atoms with Gasteiger partial charge in [-0.3, -0.25) is 0 Å². The van der Waals surface area contributed by atoms with E-state index in [0.29, 0.717) is 6.54 Å². The van der Waals surface area contributed by atoms with E-state index < -0.39 is 0 Å². The predicted octanol–water partition coefficient (Wildman–Crippen LogP) is 2.30. The predicted molar refractivity (Wildman–Crippen MR) is 93.5 cm³/mol. The van der Waals surface area contributed by atoms with Gasteiger partial charge in [-0.25, -0.2) is 4.99 Å². The number of rotatable bonds is 4. The van der Waals surface area contributed by atoms with Crippen LogP contribution in [0.3, 0.4) is 0 Å². The van der Waals surface area contributed by atoms with E-state index in [-0.39, 0.29) is 24.0 Å². The third kappa shape index (κ3) is 4.73. The Hall–Kier alpha value is -1.18. The van der Waals surface area contributed by atoms with Crippen molar-refractivity contribution in [2.24, 2.45) is 4.99 Å². The molecule has 0 fully saturated rings. The van der Waals surface area contributed by atoms with Crippen LogP contribution < -0.4 is 9.47 Å². The summed E-state index contributed by atoms with van der Waals surface area (Å²) in [4.78, 5) is 8.57. The van der Waals surface area contributed by atoms with E-state index in [1.165, 1.54) is 0 Å². The number of ether oxygens (including phenoxy) is 2. The van der Waals surface area contributed by atoms with Gasteiger partial charge in [-0.2, -0.15) is 0 Å². The van der Waals surface area contributed by atoms with Crippen molar-refractivity contribution in [3.05, 3.63) is 23.8 Å². The third-order valence-corrected chi connectivity index (χ3v) is 2.68. The molecule has 0 aliphatic rings. The van der Waals surface area contributed by atoms with E-state index in [4.69, 9.17) is 9.47 Å². The normalized spacial score (nSPS) is 9.30. The molecule has 0 aliphatic carbocycles. The highest BCUT2D eigenvalue weighted by Crippen LogP contribution is 2.31. The van der Waals surface area contributed by atoms with Crippen molar-refractivity contribution in [3.63, 3.8) is 0 Å². The van der Waals surface area contributed by atoms with Crippen LogP contribution >= 0.6 is 24.0 Å². The van der Waals surface area contributed by atoms with Crippen LogP contribution in [-0.2, 0) is 6.54 Å². The van der Waals surface area contributed by atoms with Gasteiger partial charge >= 0.3 is 0 Å². The van der Waals surface area contributed by atoms with Crippen molar-refractivity contribution in [1.29, 1.82) is 0 Å². The fourth-order valence-electron chi connectivity index (χ4n) is 1.92. The largest absolute Gasteiger partial charge is 0.493 e. The number of para-hydroxylation sites is 1. The van der Waals surface area contributed by atoms with Crippen molar-refractivity contribution >= 4 is 29.9 Å². The van der Waals surface area contributed by atoms with E-state index in [9.17, 15) is 0 Å². The van der Waals surface area contributed by atoms with Gasteiger partial charge in [0.15, 0.2) is 17.5 Å². The molecule has 0 bridgehead atoms. The standard InChI is InChI=1S/C14H23N3O2.HI/c1-16(2)14(17(3)4)15-10-11-8-7-9-12(18-5)13(11)19-6;/h7-9H,10H2,1-6H3;1H. The van der Waals surface area contributed by atoms with Gasteiger partial charge in [-0.15, -0.1) is 24.0 Å². The first-order chi connectivity index (χ1) is 9.01. The second-order valence-electron chi connectivity index (χ2n) is 4.56. The number of nitrogens with zero attached hydrogens (tertiary/aromatic N) is 3. The van der Waals surface area contributed by atoms with Gasteiger partial charge in [0, 0.05) is 33.8 Å². The van der Waals surface area contributed by atoms with Crippen LogP contribution in [0.2, 0.25) is 0 Å². The molecule has 1 aromatic rings. The molecule has 0 aliphatic heterocycles. The lowest BCUT2D eigenvalue weighted by Crippen LogP contribution is -2.35. The Labute approximate surface area is 138 Å². The SMILES string of the molecule is COc1cccc(CN=C(N(C)C)N(C)C)c1OC.I. The number of aliphatic imine (C=N–C) groups is 1. The van der Waals surface area contributed by atoms with Crippen LogP contribution in [0.15, 0.2) is 23.2 Å². The maximum Gasteiger partial charge on any atom is 0.195 e. The molecule has 0 saturated heterocycles. The van der Waals surface area contributed by atoms with Gasteiger partial charge < -0.3 is 19.3 Å².